The lowest BCUT2D eigenvalue weighted by Crippen LogP contribution is -2.16. The normalized spacial score (nSPS) is 11.6. The van der Waals surface area contributed by atoms with E-state index in [0.717, 1.165) is 16.5 Å². The summed E-state index contributed by atoms with van der Waals surface area (Å²) in [6, 6.07) is 16.9. The Morgan fingerprint density at radius 3 is 2.48 bits per heavy atom. The molecule has 1 N–H and O–H groups in total. The Morgan fingerprint density at radius 2 is 1.77 bits per heavy atom. The number of aryl methyl sites for hydroxylation is 1. The molecule has 0 saturated heterocycles. The smallest absolute Gasteiger partial charge is 0.274 e. The zero-order valence-corrected chi connectivity index (χ0v) is 18.6. The number of fused-ring (bicyclic) bond motifs is 1. The van der Waals surface area contributed by atoms with E-state index < -0.39 is 9.73 Å². The van der Waals surface area contributed by atoms with Crippen molar-refractivity contribution in [3.63, 3.8) is 0 Å². The summed E-state index contributed by atoms with van der Waals surface area (Å²) in [5.74, 6) is 2.31. The summed E-state index contributed by atoms with van der Waals surface area (Å²) in [7, 11) is -0.591. The van der Waals surface area contributed by atoms with Gasteiger partial charge in [-0.15, -0.1) is 0 Å². The van der Waals surface area contributed by atoms with Crippen molar-refractivity contribution in [1.29, 1.82) is 0 Å². The monoisotopic (exact) mass is 435 g/mol. The summed E-state index contributed by atoms with van der Waals surface area (Å²) in [4.78, 5) is 15.6. The average molecular weight is 436 g/mol. The van der Waals surface area contributed by atoms with Gasteiger partial charge in [-0.1, -0.05) is 32.0 Å². The van der Waals surface area contributed by atoms with Crippen LogP contribution in [0.15, 0.2) is 76.1 Å². The second-order valence-corrected chi connectivity index (χ2v) is 10.1. The predicted octanol–water partition coefficient (Wildman–Crippen LogP) is 5.47. The lowest BCUT2D eigenvalue weighted by Gasteiger charge is -2.14. The number of para-hydroxylation sites is 1. The molecule has 2 aromatic heterocycles. The Labute approximate surface area is 181 Å². The number of hydrogen-bond acceptors (Lipinski definition) is 4. The van der Waals surface area contributed by atoms with E-state index in [4.69, 9.17) is 4.74 Å². The molecule has 0 unspecified atom stereocenters. The summed E-state index contributed by atoms with van der Waals surface area (Å²) in [6.45, 7) is 3.78. The van der Waals surface area contributed by atoms with Crippen molar-refractivity contribution >= 4 is 26.3 Å². The molecule has 0 amide bonds. The van der Waals surface area contributed by atoms with Gasteiger partial charge in [0.25, 0.3) is 5.56 Å². The highest BCUT2D eigenvalue weighted by atomic mass is 32.2. The standard InChI is InChI=1S/C24H25N3O3S/c1-4-31(29,5-2)26-17-11-12-22(30-18-9-7-6-8-10-18)20(15-17)21-16-27(3)24(28)23-19(21)13-14-25-23/h6-16,25H,4-5H2,1-3H3. The highest BCUT2D eigenvalue weighted by Crippen LogP contribution is 2.39. The SMILES string of the molecule is CCS(=O)(CC)=Nc1ccc(Oc2ccccc2)c(-c2cn(C)c(=O)c3[nH]ccc23)c1. The van der Waals surface area contributed by atoms with Gasteiger partial charge in [0.15, 0.2) is 0 Å². The molecule has 0 bridgehead atoms. The third-order valence-electron chi connectivity index (χ3n) is 5.29. The molecular weight excluding hydrogens is 410 g/mol. The van der Waals surface area contributed by atoms with E-state index in [-0.39, 0.29) is 5.56 Å². The first kappa shape index (κ1) is 20.9. The highest BCUT2D eigenvalue weighted by molar-refractivity contribution is 7.93. The largest absolute Gasteiger partial charge is 0.457 e. The zero-order chi connectivity index (χ0) is 22.0. The Balaban J connectivity index is 1.97. The molecule has 2 heterocycles. The summed E-state index contributed by atoms with van der Waals surface area (Å²) in [5.41, 5.74) is 2.66. The van der Waals surface area contributed by atoms with Crippen LogP contribution in [-0.4, -0.2) is 25.3 Å². The topological polar surface area (TPSA) is 76.4 Å². The van der Waals surface area contributed by atoms with E-state index in [9.17, 15) is 9.00 Å². The molecule has 0 atom stereocenters. The minimum Gasteiger partial charge on any atom is -0.457 e. The van der Waals surface area contributed by atoms with E-state index in [1.54, 1.807) is 24.0 Å². The second kappa shape index (κ2) is 8.43. The van der Waals surface area contributed by atoms with Crippen molar-refractivity contribution in [1.82, 2.24) is 9.55 Å². The first-order valence-electron chi connectivity index (χ1n) is 10.2. The number of rotatable bonds is 6. The lowest BCUT2D eigenvalue weighted by atomic mass is 10.0. The van der Waals surface area contributed by atoms with Gasteiger partial charge in [-0.05, 0) is 36.4 Å². The number of aromatic amines is 1. The van der Waals surface area contributed by atoms with Crippen molar-refractivity contribution in [2.75, 3.05) is 11.5 Å². The molecule has 2 aromatic carbocycles. The maximum atomic E-state index is 12.9. The molecule has 0 saturated carbocycles. The molecule has 0 aliphatic heterocycles. The van der Waals surface area contributed by atoms with Gasteiger partial charge in [0, 0.05) is 47.5 Å². The molecule has 160 valence electrons. The van der Waals surface area contributed by atoms with E-state index >= 15 is 0 Å². The molecule has 7 heteroatoms. The Kier molecular flexibility index (Phi) is 5.69. The molecule has 31 heavy (non-hydrogen) atoms. The van der Waals surface area contributed by atoms with Crippen molar-refractivity contribution < 1.29 is 8.95 Å². The zero-order valence-electron chi connectivity index (χ0n) is 17.8. The number of hydrogen-bond donors (Lipinski definition) is 1. The van der Waals surface area contributed by atoms with Crippen molar-refractivity contribution in [2.24, 2.45) is 11.4 Å². The van der Waals surface area contributed by atoms with Gasteiger partial charge in [0.05, 0.1) is 15.4 Å². The van der Waals surface area contributed by atoms with Crippen LogP contribution in [-0.2, 0) is 16.8 Å². The highest BCUT2D eigenvalue weighted by Gasteiger charge is 2.16. The maximum Gasteiger partial charge on any atom is 0.274 e. The fraction of sp³-hybridized carbons (Fsp3) is 0.208. The summed E-state index contributed by atoms with van der Waals surface area (Å²) >= 11 is 0. The molecule has 0 fully saturated rings. The minimum absolute atomic E-state index is 0.102. The fourth-order valence-electron chi connectivity index (χ4n) is 3.50. The minimum atomic E-state index is -2.31. The van der Waals surface area contributed by atoms with Crippen molar-refractivity contribution in [3.8, 4) is 22.6 Å². The van der Waals surface area contributed by atoms with Crippen LogP contribution in [0.2, 0.25) is 0 Å². The number of nitrogens with zero attached hydrogens (tertiary/aromatic N) is 2. The molecule has 0 aliphatic rings. The summed E-state index contributed by atoms with van der Waals surface area (Å²) in [5, 5.41) is 0.796. The molecule has 4 rings (SSSR count). The molecule has 6 nitrogen and oxygen atoms in total. The van der Waals surface area contributed by atoms with Gasteiger partial charge < -0.3 is 14.3 Å². The van der Waals surface area contributed by atoms with E-state index in [2.05, 4.69) is 9.35 Å². The Hall–Kier alpha value is -3.32. The summed E-state index contributed by atoms with van der Waals surface area (Å²) in [6.07, 6.45) is 3.55. The van der Waals surface area contributed by atoms with Crippen LogP contribution < -0.4 is 10.3 Å². The fourth-order valence-corrected chi connectivity index (χ4v) is 4.66. The van der Waals surface area contributed by atoms with Crippen LogP contribution in [0.25, 0.3) is 22.0 Å². The maximum absolute atomic E-state index is 12.9. The van der Waals surface area contributed by atoms with Crippen molar-refractivity contribution in [2.45, 2.75) is 13.8 Å². The first-order valence-corrected chi connectivity index (χ1v) is 12.1. The molecule has 4 aromatic rings. The van der Waals surface area contributed by atoms with Crippen LogP contribution >= 0.6 is 0 Å². The molecular formula is C24H25N3O3S. The first-order chi connectivity index (χ1) is 14.9. The Morgan fingerprint density at radius 1 is 1.03 bits per heavy atom. The Bertz CT molecular complexity index is 1400. The number of pyridine rings is 1. The number of aromatic nitrogens is 2. The van der Waals surface area contributed by atoms with Crippen LogP contribution in [0.3, 0.4) is 0 Å². The number of ether oxygens (including phenoxy) is 1. The van der Waals surface area contributed by atoms with Gasteiger partial charge in [0.1, 0.15) is 17.0 Å². The summed E-state index contributed by atoms with van der Waals surface area (Å²) < 4.78 is 25.2. The van der Waals surface area contributed by atoms with Gasteiger partial charge >= 0.3 is 0 Å². The van der Waals surface area contributed by atoms with Gasteiger partial charge in [-0.2, -0.15) is 4.36 Å². The predicted molar refractivity (Wildman–Crippen MR) is 127 cm³/mol. The second-order valence-electron chi connectivity index (χ2n) is 7.26. The van der Waals surface area contributed by atoms with Gasteiger partial charge in [-0.25, -0.2) is 4.21 Å². The number of H-pyrrole nitrogens is 1. The van der Waals surface area contributed by atoms with Crippen LogP contribution in [0, 0.1) is 0 Å². The van der Waals surface area contributed by atoms with E-state index in [1.165, 1.54) is 0 Å². The van der Waals surface area contributed by atoms with Crippen molar-refractivity contribution in [3.05, 3.63) is 77.3 Å². The van der Waals surface area contributed by atoms with E-state index in [0.29, 0.717) is 34.2 Å². The third kappa shape index (κ3) is 4.14. The van der Waals surface area contributed by atoms with Gasteiger partial charge in [-0.3, -0.25) is 4.79 Å². The van der Waals surface area contributed by atoms with Crippen LogP contribution in [0.5, 0.6) is 11.5 Å². The molecule has 0 aliphatic carbocycles. The molecule has 0 spiro atoms. The van der Waals surface area contributed by atoms with Crippen LogP contribution in [0.1, 0.15) is 13.8 Å². The number of nitrogens with one attached hydrogen (secondary N) is 1. The van der Waals surface area contributed by atoms with Crippen LogP contribution in [0.4, 0.5) is 5.69 Å². The quantitative estimate of drug-likeness (QED) is 0.437. The van der Waals surface area contributed by atoms with E-state index in [1.807, 2.05) is 68.4 Å². The lowest BCUT2D eigenvalue weighted by molar-refractivity contribution is 0.484. The average Bonchev–Trinajstić information content (AvgIpc) is 3.28. The third-order valence-corrected chi connectivity index (χ3v) is 7.64. The molecule has 0 radical (unpaired) electrons. The van der Waals surface area contributed by atoms with Gasteiger partial charge in [0.2, 0.25) is 0 Å². The number of benzene rings is 2.